The number of para-hydroxylation sites is 1. The van der Waals surface area contributed by atoms with E-state index in [2.05, 4.69) is 68.8 Å². The molecule has 198 valence electrons. The van der Waals surface area contributed by atoms with Gasteiger partial charge in [-0.2, -0.15) is 8.87 Å². The quantitative estimate of drug-likeness (QED) is 0.357. The number of hydrogen-bond donors (Lipinski definition) is 1. The average molecular weight is 550 g/mol. The molecule has 3 aliphatic heterocycles. The van der Waals surface area contributed by atoms with Crippen molar-refractivity contribution in [3.63, 3.8) is 0 Å². The highest BCUT2D eigenvalue weighted by atomic mass is 32.2. The Balaban J connectivity index is 1.17. The first-order valence-electron chi connectivity index (χ1n) is 13.5. The third-order valence-corrected chi connectivity index (χ3v) is 9.93. The molecular formula is C28H32FN7S2. The van der Waals surface area contributed by atoms with E-state index in [9.17, 15) is 3.89 Å². The van der Waals surface area contributed by atoms with Gasteiger partial charge in [0.2, 0.25) is 5.95 Å². The maximum Gasteiger partial charge on any atom is 0.229 e. The van der Waals surface area contributed by atoms with Crippen molar-refractivity contribution in [2.45, 2.75) is 49.5 Å². The van der Waals surface area contributed by atoms with E-state index in [4.69, 9.17) is 4.98 Å². The Kier molecular flexibility index (Phi) is 6.28. The van der Waals surface area contributed by atoms with Gasteiger partial charge in [0.1, 0.15) is 4.90 Å². The summed E-state index contributed by atoms with van der Waals surface area (Å²) in [5.74, 6) is 1.08. The summed E-state index contributed by atoms with van der Waals surface area (Å²) in [4.78, 5) is 14.7. The van der Waals surface area contributed by atoms with Crippen molar-refractivity contribution < 1.29 is 3.89 Å². The lowest BCUT2D eigenvalue weighted by molar-refractivity contribution is 0.249. The Bertz CT molecular complexity index is 1380. The molecule has 0 spiro atoms. The lowest BCUT2D eigenvalue weighted by Gasteiger charge is -2.37. The molecule has 4 aliphatic rings. The molecule has 0 bridgehead atoms. The molecule has 7 nitrogen and oxygen atoms in total. The van der Waals surface area contributed by atoms with Crippen LogP contribution in [0.25, 0.3) is 0 Å². The van der Waals surface area contributed by atoms with Gasteiger partial charge in [0, 0.05) is 37.1 Å². The number of halogens is 1. The van der Waals surface area contributed by atoms with Crippen LogP contribution in [0.1, 0.15) is 36.0 Å². The molecule has 4 heterocycles. The van der Waals surface area contributed by atoms with Crippen LogP contribution < -0.4 is 18.8 Å². The lowest BCUT2D eigenvalue weighted by Crippen LogP contribution is -2.42. The minimum Gasteiger partial charge on any atom is -0.371 e. The highest BCUT2D eigenvalue weighted by Gasteiger charge is 2.36. The van der Waals surface area contributed by atoms with E-state index in [-0.39, 0.29) is 12.1 Å². The van der Waals surface area contributed by atoms with Crippen LogP contribution in [0, 0.1) is 0 Å². The van der Waals surface area contributed by atoms with Gasteiger partial charge < -0.3 is 15.1 Å². The van der Waals surface area contributed by atoms with E-state index in [1.165, 1.54) is 40.9 Å². The first-order chi connectivity index (χ1) is 18.6. The van der Waals surface area contributed by atoms with E-state index in [1.54, 1.807) is 18.3 Å². The first kappa shape index (κ1) is 24.4. The van der Waals surface area contributed by atoms with Crippen molar-refractivity contribution in [2.75, 3.05) is 52.6 Å². The predicted molar refractivity (Wildman–Crippen MR) is 157 cm³/mol. The van der Waals surface area contributed by atoms with Gasteiger partial charge >= 0.3 is 0 Å². The Hall–Kier alpha value is -2.69. The fourth-order valence-electron chi connectivity index (χ4n) is 6.41. The number of piperidine rings is 1. The van der Waals surface area contributed by atoms with Crippen molar-refractivity contribution in [1.82, 2.24) is 14.9 Å². The molecule has 1 aliphatic carbocycles. The zero-order chi connectivity index (χ0) is 25.8. The van der Waals surface area contributed by atoms with Crippen molar-refractivity contribution in [3.8, 4) is 0 Å². The van der Waals surface area contributed by atoms with Gasteiger partial charge in [0.15, 0.2) is 5.82 Å². The first-order valence-corrected chi connectivity index (χ1v) is 14.9. The molecule has 10 heteroatoms. The van der Waals surface area contributed by atoms with Crippen LogP contribution in [0.3, 0.4) is 0 Å². The smallest absolute Gasteiger partial charge is 0.229 e. The van der Waals surface area contributed by atoms with Gasteiger partial charge in [-0.05, 0) is 87.5 Å². The fraction of sp³-hybridized carbons (Fsp3) is 0.429. The van der Waals surface area contributed by atoms with Gasteiger partial charge in [0.05, 0.1) is 41.9 Å². The SMILES string of the molecule is CN(C)C1CCN(c2ccc(Nc3ncc(SF)c(N4SN5CCc6cccc4c65)n3)c3c2CCC3)CC1. The minimum absolute atomic E-state index is 0.200. The fourth-order valence-corrected chi connectivity index (χ4v) is 7.88. The van der Waals surface area contributed by atoms with Crippen LogP contribution in [0.2, 0.25) is 0 Å². The molecule has 1 N–H and O–H groups in total. The Morgan fingerprint density at radius 2 is 1.87 bits per heavy atom. The van der Waals surface area contributed by atoms with Crippen molar-refractivity contribution in [3.05, 3.63) is 53.2 Å². The molecule has 38 heavy (non-hydrogen) atoms. The maximum atomic E-state index is 14.0. The lowest BCUT2D eigenvalue weighted by atomic mass is 10.00. The molecular weight excluding hydrogens is 517 g/mol. The number of rotatable bonds is 6. The molecule has 0 atom stereocenters. The van der Waals surface area contributed by atoms with Crippen LogP contribution in [0.4, 0.5) is 38.4 Å². The summed E-state index contributed by atoms with van der Waals surface area (Å²) < 4.78 is 18.3. The molecule has 0 unspecified atom stereocenters. The molecule has 7 rings (SSSR count). The molecule has 2 aromatic carbocycles. The molecule has 3 aromatic rings. The highest BCUT2D eigenvalue weighted by molar-refractivity contribution is 8.02. The molecule has 0 amide bonds. The number of benzene rings is 2. The van der Waals surface area contributed by atoms with Gasteiger partial charge in [-0.25, -0.2) is 9.29 Å². The molecule has 0 radical (unpaired) electrons. The second-order valence-electron chi connectivity index (χ2n) is 10.7. The van der Waals surface area contributed by atoms with Crippen molar-refractivity contribution in [1.29, 1.82) is 0 Å². The highest BCUT2D eigenvalue weighted by Crippen LogP contribution is 2.54. The summed E-state index contributed by atoms with van der Waals surface area (Å²) in [5.41, 5.74) is 8.91. The van der Waals surface area contributed by atoms with Crippen LogP contribution >= 0.6 is 24.3 Å². The van der Waals surface area contributed by atoms with Crippen LogP contribution in [0.15, 0.2) is 41.4 Å². The van der Waals surface area contributed by atoms with E-state index >= 15 is 0 Å². The summed E-state index contributed by atoms with van der Waals surface area (Å²) in [6.07, 6.45) is 8.37. The van der Waals surface area contributed by atoms with E-state index in [1.807, 2.05) is 4.31 Å². The van der Waals surface area contributed by atoms with Gasteiger partial charge in [-0.3, -0.25) is 4.31 Å². The van der Waals surface area contributed by atoms with Gasteiger partial charge in [-0.15, -0.1) is 0 Å². The monoisotopic (exact) mass is 549 g/mol. The topological polar surface area (TPSA) is 50.8 Å². The summed E-state index contributed by atoms with van der Waals surface area (Å²) in [7, 11) is 4.38. The normalized spacial score (nSPS) is 18.5. The van der Waals surface area contributed by atoms with E-state index in [0.29, 0.717) is 22.7 Å². The number of nitrogens with zero attached hydrogens (tertiary/aromatic N) is 6. The standard InChI is InChI=1S/C28H32FN7S2/c1-33(2)19-12-14-34(15-13-19)23-10-9-22(20-6-4-7-21(20)23)31-28-30-17-25(37-29)27(32-28)36-24-8-3-5-18-11-16-35(38-36)26(18)24/h3,5,8-10,17,19H,4,6-7,11-16H2,1-2H3,(H,30,31,32). The average Bonchev–Trinajstić information content (AvgIpc) is 3.68. The van der Waals surface area contributed by atoms with Crippen LogP contribution in [0.5, 0.6) is 0 Å². The predicted octanol–water partition coefficient (Wildman–Crippen LogP) is 6.29. The zero-order valence-electron chi connectivity index (χ0n) is 21.8. The van der Waals surface area contributed by atoms with Gasteiger partial charge in [-0.1, -0.05) is 12.1 Å². The summed E-state index contributed by atoms with van der Waals surface area (Å²) in [6.45, 7) is 3.16. The summed E-state index contributed by atoms with van der Waals surface area (Å²) in [6, 6.07) is 11.5. The summed E-state index contributed by atoms with van der Waals surface area (Å²) >= 11 is 1.79. The van der Waals surface area contributed by atoms with Crippen molar-refractivity contribution >= 4 is 58.8 Å². The molecule has 1 fully saturated rings. The second-order valence-corrected chi connectivity index (χ2v) is 12.3. The Morgan fingerprint density at radius 1 is 1.03 bits per heavy atom. The van der Waals surface area contributed by atoms with Crippen LogP contribution in [-0.4, -0.2) is 54.6 Å². The molecule has 1 saturated heterocycles. The van der Waals surface area contributed by atoms with Gasteiger partial charge in [0.25, 0.3) is 0 Å². The van der Waals surface area contributed by atoms with E-state index in [0.717, 1.165) is 56.7 Å². The Morgan fingerprint density at radius 3 is 2.68 bits per heavy atom. The number of anilines is 6. The zero-order valence-corrected chi connectivity index (χ0v) is 23.4. The second kappa shape index (κ2) is 9.81. The minimum atomic E-state index is 0.200. The largest absolute Gasteiger partial charge is 0.371 e. The molecule has 1 aromatic heterocycles. The number of nitrogens with one attached hydrogen (secondary N) is 1. The summed E-state index contributed by atoms with van der Waals surface area (Å²) in [5, 5.41) is 3.50. The maximum absolute atomic E-state index is 14.0. The number of fused-ring (bicyclic) bond motifs is 1. The number of hydrogen-bond acceptors (Lipinski definition) is 9. The number of aromatic nitrogens is 2. The van der Waals surface area contributed by atoms with Crippen molar-refractivity contribution in [2.24, 2.45) is 0 Å². The third kappa shape index (κ3) is 4.08. The van der Waals surface area contributed by atoms with Crippen LogP contribution in [-0.2, 0) is 19.3 Å². The van der Waals surface area contributed by atoms with E-state index < -0.39 is 0 Å². The Labute approximate surface area is 232 Å². The third-order valence-electron chi connectivity index (χ3n) is 8.38. The molecule has 0 saturated carbocycles.